The van der Waals surface area contributed by atoms with Crippen LogP contribution in [0.1, 0.15) is 33.6 Å². The molecule has 14 heavy (non-hydrogen) atoms. The van der Waals surface area contributed by atoms with E-state index in [1.807, 2.05) is 20.8 Å². The van der Waals surface area contributed by atoms with E-state index in [4.69, 9.17) is 0 Å². The Morgan fingerprint density at radius 3 is 2.29 bits per heavy atom. The molecule has 0 saturated carbocycles. The standard InChI is InChI=1S/C10H17F2NO/c1-4-5-9(2,3)8(14)13-6-10(11,12)7-13/h4-7H2,1-3H3. The van der Waals surface area contributed by atoms with E-state index in [0.29, 0.717) is 0 Å². The topological polar surface area (TPSA) is 20.3 Å². The molecule has 0 aromatic heterocycles. The minimum atomic E-state index is -2.65. The predicted octanol–water partition coefficient (Wildman–Crippen LogP) is 2.29. The summed E-state index contributed by atoms with van der Waals surface area (Å²) in [5.41, 5.74) is -0.495. The van der Waals surface area contributed by atoms with E-state index in [1.54, 1.807) is 0 Å². The van der Waals surface area contributed by atoms with Crippen LogP contribution in [0.15, 0.2) is 0 Å². The number of carbonyl (C=O) groups is 1. The van der Waals surface area contributed by atoms with Crippen molar-refractivity contribution >= 4 is 5.91 Å². The molecule has 1 aliphatic heterocycles. The second-order valence-electron chi connectivity index (χ2n) is 4.65. The first-order valence-corrected chi connectivity index (χ1v) is 4.96. The van der Waals surface area contributed by atoms with Gasteiger partial charge in [-0.2, -0.15) is 0 Å². The molecular formula is C10H17F2NO. The monoisotopic (exact) mass is 205 g/mol. The Morgan fingerprint density at radius 2 is 1.93 bits per heavy atom. The smallest absolute Gasteiger partial charge is 0.282 e. The van der Waals surface area contributed by atoms with Gasteiger partial charge in [-0.25, -0.2) is 8.78 Å². The average molecular weight is 205 g/mol. The van der Waals surface area contributed by atoms with Crippen LogP contribution in [0.3, 0.4) is 0 Å². The van der Waals surface area contributed by atoms with Crippen LogP contribution in [0.4, 0.5) is 8.78 Å². The number of alkyl halides is 2. The summed E-state index contributed by atoms with van der Waals surface area (Å²) in [5.74, 6) is -2.80. The van der Waals surface area contributed by atoms with Crippen molar-refractivity contribution in [2.24, 2.45) is 5.41 Å². The van der Waals surface area contributed by atoms with Gasteiger partial charge in [0, 0.05) is 5.41 Å². The van der Waals surface area contributed by atoms with Crippen LogP contribution in [-0.2, 0) is 4.79 Å². The second kappa shape index (κ2) is 3.48. The fraction of sp³-hybridized carbons (Fsp3) is 0.900. The molecule has 4 heteroatoms. The molecule has 0 radical (unpaired) electrons. The van der Waals surface area contributed by atoms with Gasteiger partial charge in [-0.15, -0.1) is 0 Å². The lowest BCUT2D eigenvalue weighted by Gasteiger charge is -2.42. The largest absolute Gasteiger partial charge is 0.330 e. The van der Waals surface area contributed by atoms with Crippen molar-refractivity contribution in [3.8, 4) is 0 Å². The van der Waals surface area contributed by atoms with Crippen LogP contribution in [-0.4, -0.2) is 29.8 Å². The zero-order chi connectivity index (χ0) is 11.0. The van der Waals surface area contributed by atoms with Gasteiger partial charge >= 0.3 is 0 Å². The average Bonchev–Trinajstić information content (AvgIpc) is 1.98. The molecule has 0 atom stereocenters. The molecule has 1 amide bonds. The molecule has 1 aliphatic rings. The number of carbonyl (C=O) groups excluding carboxylic acids is 1. The highest BCUT2D eigenvalue weighted by molar-refractivity contribution is 5.82. The molecule has 0 spiro atoms. The van der Waals surface area contributed by atoms with Gasteiger partial charge in [-0.05, 0) is 6.42 Å². The molecule has 0 unspecified atom stereocenters. The van der Waals surface area contributed by atoms with Crippen LogP contribution in [0.25, 0.3) is 0 Å². The normalized spacial score (nSPS) is 20.5. The van der Waals surface area contributed by atoms with Crippen LogP contribution >= 0.6 is 0 Å². The Kier molecular flexibility index (Phi) is 2.83. The van der Waals surface area contributed by atoms with Crippen LogP contribution in [0, 0.1) is 5.41 Å². The molecule has 1 saturated heterocycles. The minimum Gasteiger partial charge on any atom is -0.330 e. The summed E-state index contributed by atoms with van der Waals surface area (Å²) >= 11 is 0. The van der Waals surface area contributed by atoms with E-state index in [2.05, 4.69) is 0 Å². The molecule has 0 bridgehead atoms. The van der Waals surface area contributed by atoms with Crippen molar-refractivity contribution in [2.75, 3.05) is 13.1 Å². The quantitative estimate of drug-likeness (QED) is 0.692. The van der Waals surface area contributed by atoms with Crippen molar-refractivity contribution in [1.82, 2.24) is 4.90 Å². The summed E-state index contributed by atoms with van der Waals surface area (Å²) in [4.78, 5) is 13.0. The number of nitrogens with zero attached hydrogens (tertiary/aromatic N) is 1. The molecule has 1 heterocycles. The first kappa shape index (κ1) is 11.4. The number of halogens is 2. The molecule has 1 rings (SSSR count). The molecule has 2 nitrogen and oxygen atoms in total. The molecule has 1 fully saturated rings. The Morgan fingerprint density at radius 1 is 1.43 bits per heavy atom. The molecule has 82 valence electrons. The summed E-state index contributed by atoms with van der Waals surface area (Å²) in [6.45, 7) is 4.81. The van der Waals surface area contributed by atoms with E-state index in [1.165, 1.54) is 4.90 Å². The zero-order valence-electron chi connectivity index (χ0n) is 8.94. The number of amides is 1. The third kappa shape index (κ3) is 2.22. The Labute approximate surface area is 83.3 Å². The highest BCUT2D eigenvalue weighted by atomic mass is 19.3. The van der Waals surface area contributed by atoms with E-state index in [9.17, 15) is 13.6 Å². The number of hydrogen-bond donors (Lipinski definition) is 0. The Hall–Kier alpha value is -0.670. The Bertz CT molecular complexity index is 230. The van der Waals surface area contributed by atoms with Gasteiger partial charge in [0.15, 0.2) is 0 Å². The van der Waals surface area contributed by atoms with Crippen molar-refractivity contribution in [1.29, 1.82) is 0 Å². The lowest BCUT2D eigenvalue weighted by molar-refractivity contribution is -0.174. The number of likely N-dealkylation sites (tertiary alicyclic amines) is 1. The molecule has 0 aromatic carbocycles. The SMILES string of the molecule is CCCC(C)(C)C(=O)N1CC(F)(F)C1. The fourth-order valence-electron chi connectivity index (χ4n) is 1.82. The van der Waals surface area contributed by atoms with Crippen LogP contribution in [0.5, 0.6) is 0 Å². The molecular weight excluding hydrogens is 188 g/mol. The maximum atomic E-state index is 12.5. The molecule has 0 aliphatic carbocycles. The van der Waals surface area contributed by atoms with Crippen molar-refractivity contribution in [3.63, 3.8) is 0 Å². The third-order valence-corrected chi connectivity index (χ3v) is 2.59. The molecule has 0 aromatic rings. The second-order valence-corrected chi connectivity index (χ2v) is 4.65. The summed E-state index contributed by atoms with van der Waals surface area (Å²) in [6, 6.07) is 0. The lowest BCUT2D eigenvalue weighted by Crippen LogP contribution is -2.61. The van der Waals surface area contributed by atoms with Crippen molar-refractivity contribution in [3.05, 3.63) is 0 Å². The highest BCUT2D eigenvalue weighted by Crippen LogP contribution is 2.33. The first-order valence-electron chi connectivity index (χ1n) is 4.96. The summed E-state index contributed by atoms with van der Waals surface area (Å²) in [6.07, 6.45) is 1.64. The lowest BCUT2D eigenvalue weighted by atomic mass is 9.85. The summed E-state index contributed by atoms with van der Waals surface area (Å²) in [5, 5.41) is 0. The van der Waals surface area contributed by atoms with Crippen molar-refractivity contribution < 1.29 is 13.6 Å². The fourth-order valence-corrected chi connectivity index (χ4v) is 1.82. The summed E-state index contributed by atoms with van der Waals surface area (Å²) < 4.78 is 25.1. The predicted molar refractivity (Wildman–Crippen MR) is 50.2 cm³/mol. The van der Waals surface area contributed by atoms with Gasteiger partial charge in [0.1, 0.15) is 0 Å². The van der Waals surface area contributed by atoms with Gasteiger partial charge in [0.2, 0.25) is 5.91 Å². The Balaban J connectivity index is 2.51. The minimum absolute atomic E-state index is 0.148. The van der Waals surface area contributed by atoms with Crippen LogP contribution < -0.4 is 0 Å². The summed E-state index contributed by atoms with van der Waals surface area (Å²) in [7, 11) is 0. The van der Waals surface area contributed by atoms with Crippen LogP contribution in [0.2, 0.25) is 0 Å². The number of hydrogen-bond acceptors (Lipinski definition) is 1. The van der Waals surface area contributed by atoms with Crippen molar-refractivity contribution in [2.45, 2.75) is 39.5 Å². The van der Waals surface area contributed by atoms with Gasteiger partial charge < -0.3 is 4.90 Å². The number of rotatable bonds is 3. The van der Waals surface area contributed by atoms with E-state index < -0.39 is 24.4 Å². The molecule has 0 N–H and O–H groups in total. The van der Waals surface area contributed by atoms with E-state index in [-0.39, 0.29) is 5.91 Å². The van der Waals surface area contributed by atoms with Gasteiger partial charge in [0.25, 0.3) is 5.92 Å². The van der Waals surface area contributed by atoms with E-state index in [0.717, 1.165) is 12.8 Å². The first-order chi connectivity index (χ1) is 6.28. The van der Waals surface area contributed by atoms with Gasteiger partial charge in [0.05, 0.1) is 13.1 Å². The third-order valence-electron chi connectivity index (χ3n) is 2.59. The van der Waals surface area contributed by atoms with Gasteiger partial charge in [-0.1, -0.05) is 27.2 Å². The maximum absolute atomic E-state index is 12.5. The zero-order valence-corrected chi connectivity index (χ0v) is 8.94. The van der Waals surface area contributed by atoms with Gasteiger partial charge in [-0.3, -0.25) is 4.79 Å². The highest BCUT2D eigenvalue weighted by Gasteiger charge is 2.48. The van der Waals surface area contributed by atoms with E-state index >= 15 is 0 Å². The maximum Gasteiger partial charge on any atom is 0.282 e.